The Hall–Kier alpha value is -1.61. The summed E-state index contributed by atoms with van der Waals surface area (Å²) >= 11 is 0. The van der Waals surface area contributed by atoms with Crippen molar-refractivity contribution in [2.24, 2.45) is 5.73 Å². The fourth-order valence-corrected chi connectivity index (χ4v) is 1.15. The molecule has 0 bridgehead atoms. The van der Waals surface area contributed by atoms with Crippen LogP contribution in [0, 0.1) is 0 Å². The minimum absolute atomic E-state index is 0.00917. The van der Waals surface area contributed by atoms with Crippen LogP contribution in [0.15, 0.2) is 24.3 Å². The summed E-state index contributed by atoms with van der Waals surface area (Å²) in [6, 6.07) is 4.96. The van der Waals surface area contributed by atoms with Crippen LogP contribution in [-0.2, 0) is 0 Å². The molecule has 3 nitrogen and oxygen atoms in total. The average molecular weight is 191 g/mol. The molecule has 1 rings (SSSR count). The number of carbonyl (C=O) groups is 1. The maximum atomic E-state index is 10.7. The lowest BCUT2D eigenvalue weighted by atomic mass is 10.1. The van der Waals surface area contributed by atoms with Crippen LogP contribution in [-0.4, -0.2) is 17.9 Å². The first-order valence-corrected chi connectivity index (χ1v) is 4.43. The third-order valence-electron chi connectivity index (χ3n) is 1.87. The second kappa shape index (κ2) is 5.19. The van der Waals surface area contributed by atoms with Gasteiger partial charge in [-0.2, -0.15) is 0 Å². The summed E-state index contributed by atoms with van der Waals surface area (Å²) in [6.07, 6.45) is 5.07. The van der Waals surface area contributed by atoms with Crippen molar-refractivity contribution in [2.75, 3.05) is 6.54 Å². The Labute approximate surface area is 82.9 Å². The summed E-state index contributed by atoms with van der Waals surface area (Å²) in [4.78, 5) is 10.7. The van der Waals surface area contributed by atoms with E-state index >= 15 is 0 Å². The summed E-state index contributed by atoms with van der Waals surface area (Å²) in [5.74, 6) is 0.00917. The highest BCUT2D eigenvalue weighted by Crippen LogP contribution is 2.19. The van der Waals surface area contributed by atoms with Gasteiger partial charge in [0, 0.05) is 0 Å². The van der Waals surface area contributed by atoms with E-state index in [1.54, 1.807) is 18.2 Å². The van der Waals surface area contributed by atoms with Gasteiger partial charge in [0.2, 0.25) is 0 Å². The molecule has 0 heterocycles. The molecule has 74 valence electrons. The van der Waals surface area contributed by atoms with Crippen molar-refractivity contribution < 1.29 is 9.90 Å². The van der Waals surface area contributed by atoms with Crippen LogP contribution >= 0.6 is 0 Å². The molecule has 0 atom stereocenters. The Morgan fingerprint density at radius 1 is 1.43 bits per heavy atom. The molecule has 0 saturated carbocycles. The summed E-state index contributed by atoms with van der Waals surface area (Å²) in [7, 11) is 0. The van der Waals surface area contributed by atoms with E-state index in [0.717, 1.165) is 6.42 Å². The Kier molecular flexibility index (Phi) is 3.88. The maximum Gasteiger partial charge on any atom is 0.154 e. The molecule has 0 saturated heterocycles. The largest absolute Gasteiger partial charge is 0.507 e. The highest BCUT2D eigenvalue weighted by Gasteiger charge is 2.02. The number of phenolic OH excluding ortho intramolecular Hbond substituents is 1. The number of nitrogens with two attached hydrogens (primary N) is 1. The summed E-state index contributed by atoms with van der Waals surface area (Å²) in [6.45, 7) is 0.575. The van der Waals surface area contributed by atoms with E-state index in [2.05, 4.69) is 0 Å². The second-order valence-corrected chi connectivity index (χ2v) is 2.88. The van der Waals surface area contributed by atoms with E-state index in [1.165, 1.54) is 6.07 Å². The summed E-state index contributed by atoms with van der Waals surface area (Å²) in [5.41, 5.74) is 6.36. The first-order chi connectivity index (χ1) is 6.79. The van der Waals surface area contributed by atoms with Crippen molar-refractivity contribution in [3.05, 3.63) is 35.4 Å². The smallest absolute Gasteiger partial charge is 0.154 e. The minimum atomic E-state index is 0.00917. The first-order valence-electron chi connectivity index (χ1n) is 4.43. The molecule has 0 aliphatic carbocycles. The predicted octanol–water partition coefficient (Wildman–Crippen LogP) is 1.57. The number of aromatic hydroxyl groups is 1. The van der Waals surface area contributed by atoms with Gasteiger partial charge in [0.15, 0.2) is 6.29 Å². The number of phenols is 1. The molecule has 3 heteroatoms. The van der Waals surface area contributed by atoms with E-state index in [1.807, 2.05) is 6.08 Å². The van der Waals surface area contributed by atoms with Gasteiger partial charge in [0.1, 0.15) is 5.75 Å². The van der Waals surface area contributed by atoms with E-state index in [-0.39, 0.29) is 5.75 Å². The Bertz CT molecular complexity index is 345. The van der Waals surface area contributed by atoms with Crippen LogP contribution in [0.4, 0.5) is 0 Å². The molecule has 0 aliphatic rings. The molecule has 0 aliphatic heterocycles. The fourth-order valence-electron chi connectivity index (χ4n) is 1.15. The van der Waals surface area contributed by atoms with Crippen molar-refractivity contribution in [2.45, 2.75) is 6.42 Å². The molecule has 0 unspecified atom stereocenters. The zero-order valence-electron chi connectivity index (χ0n) is 7.81. The van der Waals surface area contributed by atoms with Gasteiger partial charge in [-0.05, 0) is 24.6 Å². The van der Waals surface area contributed by atoms with E-state index in [0.29, 0.717) is 24.0 Å². The van der Waals surface area contributed by atoms with Gasteiger partial charge in [-0.25, -0.2) is 0 Å². The molecule has 14 heavy (non-hydrogen) atoms. The van der Waals surface area contributed by atoms with Crippen molar-refractivity contribution >= 4 is 12.4 Å². The van der Waals surface area contributed by atoms with Crippen LogP contribution in [0.5, 0.6) is 5.75 Å². The highest BCUT2D eigenvalue weighted by atomic mass is 16.3. The van der Waals surface area contributed by atoms with E-state index in [4.69, 9.17) is 5.73 Å². The number of rotatable bonds is 4. The maximum absolute atomic E-state index is 10.7. The highest BCUT2D eigenvalue weighted by molar-refractivity contribution is 5.85. The van der Waals surface area contributed by atoms with Crippen molar-refractivity contribution in [3.8, 4) is 5.75 Å². The molecule has 1 aromatic rings. The molecule has 0 fully saturated rings. The molecular weight excluding hydrogens is 178 g/mol. The lowest BCUT2D eigenvalue weighted by molar-refractivity contribution is 0.112. The van der Waals surface area contributed by atoms with E-state index in [9.17, 15) is 9.90 Å². The third kappa shape index (κ3) is 2.44. The summed E-state index contributed by atoms with van der Waals surface area (Å²) < 4.78 is 0. The minimum Gasteiger partial charge on any atom is -0.507 e. The molecule has 0 aromatic heterocycles. The summed E-state index contributed by atoms with van der Waals surface area (Å²) in [5, 5.41) is 9.36. The number of aldehydes is 1. The monoisotopic (exact) mass is 191 g/mol. The normalized spacial score (nSPS) is 10.6. The van der Waals surface area contributed by atoms with Crippen LogP contribution in [0.3, 0.4) is 0 Å². The number of benzene rings is 1. The molecular formula is C11H13NO2. The van der Waals surface area contributed by atoms with Crippen LogP contribution in [0.2, 0.25) is 0 Å². The molecule has 3 N–H and O–H groups in total. The van der Waals surface area contributed by atoms with E-state index < -0.39 is 0 Å². The fraction of sp³-hybridized carbons (Fsp3) is 0.182. The lowest BCUT2D eigenvalue weighted by Crippen LogP contribution is -1.95. The van der Waals surface area contributed by atoms with Gasteiger partial charge < -0.3 is 10.8 Å². The number of hydrogen-bond acceptors (Lipinski definition) is 3. The average Bonchev–Trinajstić information content (AvgIpc) is 2.18. The lowest BCUT2D eigenvalue weighted by Gasteiger charge is -2.00. The molecule has 1 aromatic carbocycles. The van der Waals surface area contributed by atoms with Gasteiger partial charge >= 0.3 is 0 Å². The number of hydrogen-bond donors (Lipinski definition) is 2. The molecule has 0 radical (unpaired) electrons. The zero-order chi connectivity index (χ0) is 10.4. The Morgan fingerprint density at radius 2 is 2.21 bits per heavy atom. The number of carbonyl (C=O) groups excluding carboxylic acids is 1. The topological polar surface area (TPSA) is 63.3 Å². The Balaban J connectivity index is 2.96. The van der Waals surface area contributed by atoms with Crippen LogP contribution in [0.25, 0.3) is 6.08 Å². The van der Waals surface area contributed by atoms with Crippen LogP contribution < -0.4 is 5.73 Å². The van der Waals surface area contributed by atoms with Crippen molar-refractivity contribution in [1.82, 2.24) is 0 Å². The Morgan fingerprint density at radius 3 is 2.86 bits per heavy atom. The van der Waals surface area contributed by atoms with Gasteiger partial charge in [0.25, 0.3) is 0 Å². The van der Waals surface area contributed by atoms with Gasteiger partial charge in [-0.3, -0.25) is 4.79 Å². The van der Waals surface area contributed by atoms with Gasteiger partial charge in [-0.15, -0.1) is 0 Å². The SMILES string of the molecule is NCCC=Cc1cccc(O)c1C=O. The van der Waals surface area contributed by atoms with Crippen molar-refractivity contribution in [3.63, 3.8) is 0 Å². The first kappa shape index (κ1) is 10.5. The van der Waals surface area contributed by atoms with Gasteiger partial charge in [0.05, 0.1) is 5.56 Å². The van der Waals surface area contributed by atoms with Crippen LogP contribution in [0.1, 0.15) is 22.3 Å². The third-order valence-corrected chi connectivity index (χ3v) is 1.87. The standard InChI is InChI=1S/C11H13NO2/c12-7-2-1-4-9-5-3-6-11(14)10(9)8-13/h1,3-6,8,14H,2,7,12H2. The predicted molar refractivity (Wildman–Crippen MR) is 56.2 cm³/mol. The molecule has 0 spiro atoms. The van der Waals surface area contributed by atoms with Gasteiger partial charge in [-0.1, -0.05) is 24.3 Å². The quantitative estimate of drug-likeness (QED) is 0.710. The second-order valence-electron chi connectivity index (χ2n) is 2.88. The van der Waals surface area contributed by atoms with Crippen molar-refractivity contribution in [1.29, 1.82) is 0 Å². The molecule has 0 amide bonds. The zero-order valence-corrected chi connectivity index (χ0v) is 7.81.